The van der Waals surface area contributed by atoms with Crippen LogP contribution in [0.4, 0.5) is 5.95 Å². The Morgan fingerprint density at radius 2 is 2.10 bits per heavy atom. The number of aliphatic hydroxyl groups excluding tert-OH is 1. The van der Waals surface area contributed by atoms with E-state index in [0.29, 0.717) is 16.8 Å². The van der Waals surface area contributed by atoms with Crippen molar-refractivity contribution in [2.24, 2.45) is 5.10 Å². The number of anilines is 1. The predicted molar refractivity (Wildman–Crippen MR) is 150 cm³/mol. The number of aromatic nitrogens is 2. The van der Waals surface area contributed by atoms with Crippen molar-refractivity contribution in [2.45, 2.75) is 32.5 Å². The van der Waals surface area contributed by atoms with Crippen LogP contribution < -0.4 is 16.1 Å². The Kier molecular flexibility index (Phi) is 8.52. The minimum absolute atomic E-state index is 0.178. The van der Waals surface area contributed by atoms with Gasteiger partial charge in [0, 0.05) is 24.7 Å². The van der Waals surface area contributed by atoms with Crippen LogP contribution in [0, 0.1) is 12.3 Å². The highest BCUT2D eigenvalue weighted by Gasteiger charge is 2.35. The number of hydrazone groups is 1. The van der Waals surface area contributed by atoms with Crippen LogP contribution in [0.15, 0.2) is 53.8 Å². The maximum absolute atomic E-state index is 13.4. The Hall–Kier alpha value is -4.35. The monoisotopic (exact) mass is 548 g/mol. The summed E-state index contributed by atoms with van der Waals surface area (Å²) in [5.41, 5.74) is 6.61. The van der Waals surface area contributed by atoms with Crippen molar-refractivity contribution < 1.29 is 14.7 Å². The van der Waals surface area contributed by atoms with Crippen molar-refractivity contribution >= 4 is 41.4 Å². The number of carbonyl (C=O) groups excluding carboxylic acids is 2. The fourth-order valence-electron chi connectivity index (χ4n) is 4.30. The third-order valence-electron chi connectivity index (χ3n) is 6.36. The number of carbonyl (C=O) groups is 2. The van der Waals surface area contributed by atoms with Crippen molar-refractivity contribution in [2.75, 3.05) is 19.0 Å². The molecule has 0 fully saturated rings. The number of amides is 2. The molecule has 5 N–H and O–H groups in total. The number of fused-ring (bicyclic) bond motifs is 1. The van der Waals surface area contributed by atoms with Gasteiger partial charge in [-0.1, -0.05) is 53.6 Å². The van der Waals surface area contributed by atoms with Gasteiger partial charge in [0.05, 0.1) is 35.8 Å². The summed E-state index contributed by atoms with van der Waals surface area (Å²) in [7, 11) is 1.60. The fraction of sp³-hybridized carbons (Fsp3) is 0.259. The molecule has 1 aliphatic rings. The van der Waals surface area contributed by atoms with Crippen LogP contribution in [-0.4, -0.2) is 63.5 Å². The fourth-order valence-corrected chi connectivity index (χ4v) is 4.50. The molecule has 0 saturated carbocycles. The SMILES string of the molecule is CN/N=C(\C=N)Nc1ncc(Cl)c(-c2ccc3c(c2)C(=O)N([C@@H](C)C(=O)N[C@H](CO)c2cccc(C)c2)C3)n1. The molecule has 2 atom stereocenters. The number of aryl methyl sites for hydroxylation is 1. The number of benzene rings is 2. The molecule has 1 aromatic heterocycles. The second-order valence-electron chi connectivity index (χ2n) is 9.02. The van der Waals surface area contributed by atoms with E-state index >= 15 is 0 Å². The second-order valence-corrected chi connectivity index (χ2v) is 9.43. The van der Waals surface area contributed by atoms with Crippen molar-refractivity contribution in [3.63, 3.8) is 0 Å². The maximum Gasteiger partial charge on any atom is 0.255 e. The molecule has 39 heavy (non-hydrogen) atoms. The van der Waals surface area contributed by atoms with Crippen LogP contribution in [0.1, 0.15) is 40.0 Å². The number of rotatable bonds is 9. The lowest BCUT2D eigenvalue weighted by atomic mass is 10.0. The van der Waals surface area contributed by atoms with E-state index in [9.17, 15) is 14.7 Å². The Labute approximate surface area is 230 Å². The first-order chi connectivity index (χ1) is 18.7. The molecule has 202 valence electrons. The lowest BCUT2D eigenvalue weighted by molar-refractivity contribution is -0.126. The Morgan fingerprint density at radius 1 is 1.31 bits per heavy atom. The van der Waals surface area contributed by atoms with Crippen LogP contribution >= 0.6 is 11.6 Å². The highest BCUT2D eigenvalue weighted by molar-refractivity contribution is 6.34. The second kappa shape index (κ2) is 12.0. The molecule has 0 saturated heterocycles. The quantitative estimate of drug-likeness (QED) is 0.156. The van der Waals surface area contributed by atoms with Gasteiger partial charge < -0.3 is 31.5 Å². The smallest absolute Gasteiger partial charge is 0.255 e. The molecule has 0 unspecified atom stereocenters. The van der Waals surface area contributed by atoms with E-state index in [1.165, 1.54) is 11.1 Å². The molecular weight excluding hydrogens is 520 g/mol. The van der Waals surface area contributed by atoms with Crippen molar-refractivity contribution in [3.8, 4) is 11.3 Å². The third kappa shape index (κ3) is 6.05. The zero-order valence-electron chi connectivity index (χ0n) is 21.7. The van der Waals surface area contributed by atoms with E-state index in [0.717, 1.165) is 22.9 Å². The first-order valence-electron chi connectivity index (χ1n) is 12.2. The van der Waals surface area contributed by atoms with Gasteiger partial charge in [0.1, 0.15) is 6.04 Å². The van der Waals surface area contributed by atoms with Gasteiger partial charge in [0.25, 0.3) is 5.91 Å². The highest BCUT2D eigenvalue weighted by Crippen LogP contribution is 2.32. The van der Waals surface area contributed by atoms with Gasteiger partial charge in [-0.15, -0.1) is 0 Å². The third-order valence-corrected chi connectivity index (χ3v) is 6.64. The summed E-state index contributed by atoms with van der Waals surface area (Å²) in [6.45, 7) is 3.61. The number of amidine groups is 1. The summed E-state index contributed by atoms with van der Waals surface area (Å²) in [5, 5.41) is 27.2. The van der Waals surface area contributed by atoms with Crippen molar-refractivity contribution in [1.29, 1.82) is 5.41 Å². The zero-order valence-corrected chi connectivity index (χ0v) is 22.5. The van der Waals surface area contributed by atoms with Gasteiger partial charge in [-0.3, -0.25) is 9.59 Å². The topological polar surface area (TPSA) is 156 Å². The summed E-state index contributed by atoms with van der Waals surface area (Å²) in [6.07, 6.45) is 2.44. The molecule has 12 heteroatoms. The van der Waals surface area contributed by atoms with Crippen LogP contribution in [0.25, 0.3) is 11.3 Å². The van der Waals surface area contributed by atoms with Gasteiger partial charge >= 0.3 is 0 Å². The minimum atomic E-state index is -0.767. The number of nitrogens with zero attached hydrogens (tertiary/aromatic N) is 4. The maximum atomic E-state index is 13.4. The van der Waals surface area contributed by atoms with Crippen LogP contribution in [0.3, 0.4) is 0 Å². The molecule has 11 nitrogen and oxygen atoms in total. The number of hydrogen-bond donors (Lipinski definition) is 5. The summed E-state index contributed by atoms with van der Waals surface area (Å²) < 4.78 is 0. The molecule has 0 spiro atoms. The average Bonchev–Trinajstić information content (AvgIpc) is 3.27. The number of halogens is 1. The summed E-state index contributed by atoms with van der Waals surface area (Å²) >= 11 is 6.38. The van der Waals surface area contributed by atoms with Gasteiger partial charge in [0.15, 0.2) is 5.84 Å². The molecule has 2 aromatic carbocycles. The first-order valence-corrected chi connectivity index (χ1v) is 12.6. The van der Waals surface area contributed by atoms with E-state index in [2.05, 4.69) is 31.1 Å². The lowest BCUT2D eigenvalue weighted by Gasteiger charge is -2.26. The normalized spacial score (nSPS) is 14.4. The molecule has 0 radical (unpaired) electrons. The molecule has 0 bridgehead atoms. The van der Waals surface area contributed by atoms with Crippen LogP contribution in [0.2, 0.25) is 5.02 Å². The van der Waals surface area contributed by atoms with E-state index in [1.807, 2.05) is 37.3 Å². The Morgan fingerprint density at radius 3 is 2.79 bits per heavy atom. The van der Waals surface area contributed by atoms with Gasteiger partial charge in [-0.2, -0.15) is 5.10 Å². The van der Waals surface area contributed by atoms with E-state index < -0.39 is 12.1 Å². The van der Waals surface area contributed by atoms with Gasteiger partial charge in [0.2, 0.25) is 11.9 Å². The molecule has 0 aliphatic carbocycles. The van der Waals surface area contributed by atoms with Crippen molar-refractivity contribution in [1.82, 2.24) is 25.6 Å². The molecular formula is C27H29ClN8O3. The molecule has 1 aliphatic heterocycles. The average molecular weight is 549 g/mol. The van der Waals surface area contributed by atoms with E-state index in [1.54, 1.807) is 26.1 Å². The largest absolute Gasteiger partial charge is 0.394 e. The minimum Gasteiger partial charge on any atom is -0.394 e. The molecule has 4 rings (SSSR count). The summed E-state index contributed by atoms with van der Waals surface area (Å²) in [4.78, 5) is 36.5. The standard InChI is InChI=1S/C27H29ClN8O3/c1-15-5-4-6-17(9-15)22(14-37)32-25(38)16(2)36-13-19-8-7-18(10-20(19)26(36)39)24-21(28)12-31-27(34-24)33-23(11-29)35-30-3/h4-12,16,22,29-30,37H,13-14H2,1-3H3,(H,32,38)(H,31,33,34,35)/t16-,22+/m0/s1. The van der Waals surface area contributed by atoms with E-state index in [4.69, 9.17) is 17.0 Å². The number of hydrogen-bond acceptors (Lipinski definition) is 8. The predicted octanol–water partition coefficient (Wildman–Crippen LogP) is 2.89. The Bertz CT molecular complexity index is 1440. The molecule has 2 amide bonds. The molecule has 2 heterocycles. The summed E-state index contributed by atoms with van der Waals surface area (Å²) in [5.74, 6) is -0.278. The summed E-state index contributed by atoms with van der Waals surface area (Å²) in [6, 6.07) is 11.5. The molecule has 3 aromatic rings. The van der Waals surface area contributed by atoms with Gasteiger partial charge in [-0.05, 0) is 31.0 Å². The van der Waals surface area contributed by atoms with Crippen molar-refractivity contribution in [3.05, 3.63) is 75.9 Å². The van der Waals surface area contributed by atoms with Gasteiger partial charge in [-0.25, -0.2) is 9.97 Å². The first kappa shape index (κ1) is 27.7. The lowest BCUT2D eigenvalue weighted by Crippen LogP contribution is -2.46. The van der Waals surface area contributed by atoms with Crippen LogP contribution in [-0.2, 0) is 11.3 Å². The highest BCUT2D eigenvalue weighted by atomic mass is 35.5. The number of aliphatic hydroxyl groups is 1. The Balaban J connectivity index is 1.53. The van der Waals surface area contributed by atoms with E-state index in [-0.39, 0.29) is 41.8 Å². The zero-order chi connectivity index (χ0) is 28.1. The number of nitrogens with one attached hydrogen (secondary N) is 4. The van der Waals surface area contributed by atoms with Crippen LogP contribution in [0.5, 0.6) is 0 Å².